The van der Waals surface area contributed by atoms with E-state index < -0.39 is 0 Å². The molecule has 2 nitrogen and oxygen atoms in total. The van der Waals surface area contributed by atoms with E-state index in [1.165, 1.54) is 55.3 Å². The molecular weight excluding hydrogens is 691 g/mol. The van der Waals surface area contributed by atoms with E-state index in [2.05, 4.69) is 207 Å². The van der Waals surface area contributed by atoms with Gasteiger partial charge in [-0.2, -0.15) is 0 Å². The van der Waals surface area contributed by atoms with Gasteiger partial charge in [-0.3, -0.25) is 0 Å². The molecule has 0 amide bonds. The molecule has 9 aromatic carbocycles. The minimum Gasteiger partial charge on any atom is -0.456 e. The van der Waals surface area contributed by atoms with Crippen LogP contribution >= 0.6 is 0 Å². The molecule has 0 radical (unpaired) electrons. The summed E-state index contributed by atoms with van der Waals surface area (Å²) in [6.45, 7) is 4.71. The Kier molecular flexibility index (Phi) is 7.55. The van der Waals surface area contributed by atoms with Crippen molar-refractivity contribution in [3.05, 3.63) is 211 Å². The Bertz CT molecular complexity index is 3180. The number of hydrogen-bond acceptors (Lipinski definition) is 2. The molecular formula is C55H39NO. The van der Waals surface area contributed by atoms with Gasteiger partial charge in [0.1, 0.15) is 11.2 Å². The van der Waals surface area contributed by atoms with Crippen LogP contribution in [0, 0.1) is 0 Å². The number of benzene rings is 9. The van der Waals surface area contributed by atoms with E-state index in [0.29, 0.717) is 0 Å². The highest BCUT2D eigenvalue weighted by Gasteiger charge is 2.37. The minimum atomic E-state index is -0.0972. The summed E-state index contributed by atoms with van der Waals surface area (Å²) in [6.07, 6.45) is 0. The van der Waals surface area contributed by atoms with Crippen LogP contribution in [0.4, 0.5) is 17.1 Å². The molecule has 10 aromatic rings. The second-order valence-corrected chi connectivity index (χ2v) is 15.7. The highest BCUT2D eigenvalue weighted by atomic mass is 16.3. The Morgan fingerprint density at radius 1 is 0.386 bits per heavy atom. The van der Waals surface area contributed by atoms with Gasteiger partial charge in [0.25, 0.3) is 0 Å². The lowest BCUT2D eigenvalue weighted by atomic mass is 9.82. The van der Waals surface area contributed by atoms with Gasteiger partial charge < -0.3 is 9.32 Å². The molecule has 0 bridgehead atoms. The molecule has 0 unspecified atom stereocenters. The predicted octanol–water partition coefficient (Wildman–Crippen LogP) is 15.5. The minimum absolute atomic E-state index is 0.0972. The standard InChI is InChI=1S/C55H39NO/c1-55(2)49-24-8-5-22-48(49)54-47(23-13-25-50(54)55)44-20-6-9-26-51(44)56(42-18-11-16-38(33-42)40-29-28-36-14-3-4-15-37(36)32-40)43-19-12-17-39(34-43)41-30-31-46-45-21-7-10-27-52(45)57-53(46)35-41/h3-35H,1-2H3. The van der Waals surface area contributed by atoms with Crippen LogP contribution < -0.4 is 4.90 Å². The summed E-state index contributed by atoms with van der Waals surface area (Å²) in [5, 5.41) is 4.75. The third-order valence-corrected chi connectivity index (χ3v) is 12.0. The molecule has 0 atom stereocenters. The normalized spacial score (nSPS) is 12.9. The molecule has 57 heavy (non-hydrogen) atoms. The maximum Gasteiger partial charge on any atom is 0.136 e. The first-order chi connectivity index (χ1) is 28.0. The van der Waals surface area contributed by atoms with Gasteiger partial charge in [-0.1, -0.05) is 159 Å². The maximum absolute atomic E-state index is 6.34. The average Bonchev–Trinajstić information content (AvgIpc) is 3.75. The molecule has 0 saturated heterocycles. The van der Waals surface area contributed by atoms with Gasteiger partial charge in [-0.25, -0.2) is 0 Å². The van der Waals surface area contributed by atoms with Crippen LogP contribution in [-0.4, -0.2) is 0 Å². The van der Waals surface area contributed by atoms with Gasteiger partial charge in [-0.15, -0.1) is 0 Å². The monoisotopic (exact) mass is 729 g/mol. The van der Waals surface area contributed by atoms with E-state index in [9.17, 15) is 0 Å². The first kappa shape index (κ1) is 33.2. The molecule has 0 fully saturated rings. The first-order valence-electron chi connectivity index (χ1n) is 19.8. The molecule has 0 aliphatic heterocycles. The molecule has 0 N–H and O–H groups in total. The van der Waals surface area contributed by atoms with Crippen molar-refractivity contribution < 1.29 is 4.42 Å². The summed E-state index contributed by atoms with van der Waals surface area (Å²) < 4.78 is 6.34. The summed E-state index contributed by atoms with van der Waals surface area (Å²) >= 11 is 0. The van der Waals surface area contributed by atoms with Crippen LogP contribution in [0.1, 0.15) is 25.0 Å². The number of para-hydroxylation sites is 2. The van der Waals surface area contributed by atoms with E-state index in [-0.39, 0.29) is 5.41 Å². The molecule has 1 aliphatic carbocycles. The Balaban J connectivity index is 1.11. The van der Waals surface area contributed by atoms with Gasteiger partial charge in [0.05, 0.1) is 5.69 Å². The number of rotatable bonds is 6. The average molecular weight is 730 g/mol. The fourth-order valence-electron chi connectivity index (χ4n) is 9.23. The van der Waals surface area contributed by atoms with E-state index in [0.717, 1.165) is 50.1 Å². The zero-order valence-corrected chi connectivity index (χ0v) is 31.9. The Morgan fingerprint density at radius 2 is 0.965 bits per heavy atom. The Hall–Kier alpha value is -7.16. The quantitative estimate of drug-likeness (QED) is 0.169. The van der Waals surface area contributed by atoms with Crippen LogP contribution in [0.15, 0.2) is 205 Å². The van der Waals surface area contributed by atoms with E-state index in [4.69, 9.17) is 4.42 Å². The second-order valence-electron chi connectivity index (χ2n) is 15.7. The molecule has 270 valence electrons. The highest BCUT2D eigenvalue weighted by Crippen LogP contribution is 2.54. The predicted molar refractivity (Wildman–Crippen MR) is 240 cm³/mol. The molecule has 1 aliphatic rings. The van der Waals surface area contributed by atoms with E-state index >= 15 is 0 Å². The Labute approximate surface area is 332 Å². The first-order valence-corrected chi connectivity index (χ1v) is 19.8. The topological polar surface area (TPSA) is 16.4 Å². The van der Waals surface area contributed by atoms with Gasteiger partial charge in [0, 0.05) is 33.1 Å². The van der Waals surface area contributed by atoms with E-state index in [1.807, 2.05) is 12.1 Å². The molecule has 2 heteroatoms. The SMILES string of the molecule is CC1(C)c2ccccc2-c2c(-c3ccccc3N(c3cccc(-c4ccc5ccccc5c4)c3)c3cccc(-c4ccc5c(c4)oc4ccccc45)c3)cccc21. The van der Waals surface area contributed by atoms with Crippen molar-refractivity contribution in [3.8, 4) is 44.5 Å². The number of nitrogens with zero attached hydrogens (tertiary/aromatic N) is 1. The number of anilines is 3. The molecule has 11 rings (SSSR count). The molecule has 1 heterocycles. The summed E-state index contributed by atoms with van der Waals surface area (Å²) in [4.78, 5) is 2.44. The smallest absolute Gasteiger partial charge is 0.136 e. The van der Waals surface area contributed by atoms with Gasteiger partial charge in [-0.05, 0) is 115 Å². The summed E-state index contributed by atoms with van der Waals surface area (Å²) in [7, 11) is 0. The second kappa shape index (κ2) is 13.0. The fraction of sp³-hybridized carbons (Fsp3) is 0.0545. The number of hydrogen-bond donors (Lipinski definition) is 0. The zero-order valence-electron chi connectivity index (χ0n) is 31.9. The van der Waals surface area contributed by atoms with Crippen LogP contribution in [0.2, 0.25) is 0 Å². The van der Waals surface area contributed by atoms with Crippen LogP contribution in [0.25, 0.3) is 77.2 Å². The lowest BCUT2D eigenvalue weighted by Crippen LogP contribution is -2.15. The third kappa shape index (κ3) is 5.40. The fourth-order valence-corrected chi connectivity index (χ4v) is 9.23. The van der Waals surface area contributed by atoms with Crippen molar-refractivity contribution >= 4 is 49.8 Å². The molecule has 0 spiro atoms. The van der Waals surface area contributed by atoms with Gasteiger partial charge in [0.15, 0.2) is 0 Å². The van der Waals surface area contributed by atoms with Crippen molar-refractivity contribution in [2.24, 2.45) is 0 Å². The highest BCUT2D eigenvalue weighted by molar-refractivity contribution is 6.06. The summed E-state index contributed by atoms with van der Waals surface area (Å²) in [5.41, 5.74) is 17.4. The van der Waals surface area contributed by atoms with Crippen molar-refractivity contribution in [3.63, 3.8) is 0 Å². The summed E-state index contributed by atoms with van der Waals surface area (Å²) in [6, 6.07) is 72.8. The van der Waals surface area contributed by atoms with Crippen molar-refractivity contribution in [2.75, 3.05) is 4.90 Å². The van der Waals surface area contributed by atoms with Crippen molar-refractivity contribution in [2.45, 2.75) is 19.3 Å². The van der Waals surface area contributed by atoms with Crippen LogP contribution in [0.3, 0.4) is 0 Å². The van der Waals surface area contributed by atoms with Crippen LogP contribution in [-0.2, 0) is 5.41 Å². The summed E-state index contributed by atoms with van der Waals surface area (Å²) in [5.74, 6) is 0. The van der Waals surface area contributed by atoms with Crippen LogP contribution in [0.5, 0.6) is 0 Å². The molecule has 0 saturated carbocycles. The lowest BCUT2D eigenvalue weighted by molar-refractivity contribution is 0.660. The van der Waals surface area contributed by atoms with E-state index in [1.54, 1.807) is 0 Å². The lowest BCUT2D eigenvalue weighted by Gasteiger charge is -2.29. The number of fused-ring (bicyclic) bond motifs is 7. The van der Waals surface area contributed by atoms with Crippen molar-refractivity contribution in [1.29, 1.82) is 0 Å². The Morgan fingerprint density at radius 3 is 1.79 bits per heavy atom. The van der Waals surface area contributed by atoms with Gasteiger partial charge in [0.2, 0.25) is 0 Å². The zero-order chi connectivity index (χ0) is 38.1. The molecule has 1 aromatic heterocycles. The van der Waals surface area contributed by atoms with Gasteiger partial charge >= 0.3 is 0 Å². The maximum atomic E-state index is 6.34. The van der Waals surface area contributed by atoms with Crippen molar-refractivity contribution in [1.82, 2.24) is 0 Å². The number of furan rings is 1. The largest absolute Gasteiger partial charge is 0.456 e. The third-order valence-electron chi connectivity index (χ3n) is 12.0.